The Bertz CT molecular complexity index is 1040. The second-order valence-corrected chi connectivity index (χ2v) is 8.73. The molecule has 146 valence electrons. The van der Waals surface area contributed by atoms with Gasteiger partial charge in [0.05, 0.1) is 16.5 Å². The zero-order chi connectivity index (χ0) is 19.9. The average molecular weight is 400 g/mol. The van der Waals surface area contributed by atoms with Crippen molar-refractivity contribution >= 4 is 33.2 Å². The van der Waals surface area contributed by atoms with E-state index >= 15 is 0 Å². The Kier molecular flexibility index (Phi) is 4.56. The number of hydrazine groups is 1. The third kappa shape index (κ3) is 3.02. The number of benzene rings is 2. The Morgan fingerprint density at radius 2 is 1.82 bits per heavy atom. The number of carbonyl (C=O) groups excluding carboxylic acids is 2. The number of sulfonamides is 1. The highest BCUT2D eigenvalue weighted by atomic mass is 32.2. The van der Waals surface area contributed by atoms with Crippen LogP contribution in [0.3, 0.4) is 0 Å². The molecule has 4 rings (SSSR count). The molecule has 1 saturated heterocycles. The number of rotatable bonds is 4. The van der Waals surface area contributed by atoms with Crippen LogP contribution >= 0.6 is 0 Å². The van der Waals surface area contributed by atoms with Crippen molar-refractivity contribution in [2.45, 2.75) is 17.7 Å². The van der Waals surface area contributed by atoms with Gasteiger partial charge in [0.25, 0.3) is 10.0 Å². The number of nitrogens with two attached hydrogens (primary N) is 1. The number of amides is 2. The number of nitrogens with zero attached hydrogens (tertiary/aromatic N) is 2. The van der Waals surface area contributed by atoms with Gasteiger partial charge in [0.15, 0.2) is 0 Å². The second kappa shape index (κ2) is 6.92. The van der Waals surface area contributed by atoms with E-state index in [9.17, 15) is 18.0 Å². The van der Waals surface area contributed by atoms with E-state index in [2.05, 4.69) is 5.43 Å². The molecule has 1 atom stereocenters. The SMILES string of the molecule is NNC(=O)C1CC(=O)N(c2ccc(S(=O)(=O)N3CCc4ccccc43)cc2)C1. The van der Waals surface area contributed by atoms with Crippen LogP contribution in [0.4, 0.5) is 11.4 Å². The number of hydrogen-bond acceptors (Lipinski definition) is 5. The molecule has 9 heteroatoms. The van der Waals surface area contributed by atoms with E-state index in [0.29, 0.717) is 24.3 Å². The van der Waals surface area contributed by atoms with Gasteiger partial charge in [-0.15, -0.1) is 0 Å². The Hall–Kier alpha value is -2.91. The maximum atomic E-state index is 13.1. The van der Waals surface area contributed by atoms with Crippen molar-refractivity contribution in [1.82, 2.24) is 5.43 Å². The third-order valence-corrected chi connectivity index (χ3v) is 7.05. The normalized spacial score (nSPS) is 19.0. The smallest absolute Gasteiger partial charge is 0.264 e. The van der Waals surface area contributed by atoms with Crippen molar-refractivity contribution in [3.8, 4) is 0 Å². The summed E-state index contributed by atoms with van der Waals surface area (Å²) in [7, 11) is -3.68. The predicted molar refractivity (Wildman–Crippen MR) is 104 cm³/mol. The van der Waals surface area contributed by atoms with Gasteiger partial charge in [-0.1, -0.05) is 18.2 Å². The lowest BCUT2D eigenvalue weighted by Gasteiger charge is -2.21. The first-order chi connectivity index (χ1) is 13.4. The van der Waals surface area contributed by atoms with Crippen LogP contribution in [0.25, 0.3) is 0 Å². The minimum Gasteiger partial charge on any atom is -0.312 e. The minimum atomic E-state index is -3.68. The fourth-order valence-corrected chi connectivity index (χ4v) is 5.24. The Morgan fingerprint density at radius 1 is 1.11 bits per heavy atom. The van der Waals surface area contributed by atoms with Gasteiger partial charge in [0.1, 0.15) is 0 Å². The number of carbonyl (C=O) groups is 2. The van der Waals surface area contributed by atoms with Gasteiger partial charge in [0, 0.05) is 25.2 Å². The monoisotopic (exact) mass is 400 g/mol. The van der Waals surface area contributed by atoms with Crippen LogP contribution in [0.15, 0.2) is 53.4 Å². The fraction of sp³-hybridized carbons (Fsp3) is 0.263. The fourth-order valence-electron chi connectivity index (χ4n) is 3.73. The molecule has 8 nitrogen and oxygen atoms in total. The van der Waals surface area contributed by atoms with Crippen LogP contribution in [0.1, 0.15) is 12.0 Å². The third-order valence-electron chi connectivity index (χ3n) is 5.22. The predicted octanol–water partition coefficient (Wildman–Crippen LogP) is 0.781. The number of hydrogen-bond donors (Lipinski definition) is 2. The minimum absolute atomic E-state index is 0.0770. The van der Waals surface area contributed by atoms with Gasteiger partial charge in [-0.3, -0.25) is 19.3 Å². The molecule has 1 unspecified atom stereocenters. The van der Waals surface area contributed by atoms with Gasteiger partial charge in [-0.25, -0.2) is 14.3 Å². The van der Waals surface area contributed by atoms with E-state index in [-0.39, 0.29) is 29.7 Å². The second-order valence-electron chi connectivity index (χ2n) is 6.86. The molecule has 0 bridgehead atoms. The highest BCUT2D eigenvalue weighted by molar-refractivity contribution is 7.92. The summed E-state index contributed by atoms with van der Waals surface area (Å²) in [6.45, 7) is 0.622. The molecule has 28 heavy (non-hydrogen) atoms. The Morgan fingerprint density at radius 3 is 2.54 bits per heavy atom. The van der Waals surface area contributed by atoms with Gasteiger partial charge in [0.2, 0.25) is 11.8 Å². The van der Waals surface area contributed by atoms with Crippen LogP contribution in [0, 0.1) is 5.92 Å². The highest BCUT2D eigenvalue weighted by Crippen LogP contribution is 2.33. The molecule has 2 amide bonds. The van der Waals surface area contributed by atoms with Gasteiger partial charge >= 0.3 is 0 Å². The summed E-state index contributed by atoms with van der Waals surface area (Å²) in [5.41, 5.74) is 4.33. The van der Waals surface area contributed by atoms with Crippen LogP contribution < -0.4 is 20.5 Å². The van der Waals surface area contributed by atoms with Gasteiger partial charge < -0.3 is 4.90 Å². The van der Waals surface area contributed by atoms with Gasteiger partial charge in [-0.05, 0) is 42.3 Å². The van der Waals surface area contributed by atoms with Crippen LogP contribution in [-0.2, 0) is 26.0 Å². The molecule has 2 heterocycles. The lowest BCUT2D eigenvalue weighted by atomic mass is 10.1. The summed E-state index contributed by atoms with van der Waals surface area (Å²) >= 11 is 0. The first-order valence-corrected chi connectivity index (χ1v) is 10.4. The van der Waals surface area contributed by atoms with Crippen LogP contribution in [-0.4, -0.2) is 33.3 Å². The molecule has 1 fully saturated rings. The summed E-state index contributed by atoms with van der Waals surface area (Å²) in [5, 5.41) is 0. The number of para-hydroxylation sites is 1. The molecule has 0 aliphatic carbocycles. The van der Waals surface area contributed by atoms with Crippen molar-refractivity contribution in [3.63, 3.8) is 0 Å². The van der Waals surface area contributed by atoms with Crippen molar-refractivity contribution < 1.29 is 18.0 Å². The number of fused-ring (bicyclic) bond motifs is 1. The van der Waals surface area contributed by atoms with Crippen LogP contribution in [0.2, 0.25) is 0 Å². The topological polar surface area (TPSA) is 113 Å². The van der Waals surface area contributed by atoms with E-state index in [1.165, 1.54) is 21.3 Å². The Labute approximate surface area is 162 Å². The molecule has 2 aromatic rings. The summed E-state index contributed by atoms with van der Waals surface area (Å²) < 4.78 is 27.5. The summed E-state index contributed by atoms with van der Waals surface area (Å²) in [4.78, 5) is 25.5. The molecule has 3 N–H and O–H groups in total. The molecule has 0 radical (unpaired) electrons. The molecule has 2 aliphatic heterocycles. The largest absolute Gasteiger partial charge is 0.312 e. The van der Waals surface area contributed by atoms with Crippen molar-refractivity contribution in [1.29, 1.82) is 0 Å². The lowest BCUT2D eigenvalue weighted by Crippen LogP contribution is -2.37. The summed E-state index contributed by atoms with van der Waals surface area (Å²) in [5.74, 6) is 4.05. The molecular weight excluding hydrogens is 380 g/mol. The maximum absolute atomic E-state index is 13.1. The summed E-state index contributed by atoms with van der Waals surface area (Å²) in [6, 6.07) is 13.6. The van der Waals surface area contributed by atoms with E-state index in [0.717, 1.165) is 5.56 Å². The van der Waals surface area contributed by atoms with E-state index in [1.807, 2.05) is 18.2 Å². The quantitative estimate of drug-likeness (QED) is 0.447. The standard InChI is InChI=1S/C19H20N4O4S/c20-21-19(25)14-11-18(24)22(12-14)15-5-7-16(8-6-15)28(26,27)23-10-9-13-3-1-2-4-17(13)23/h1-8,14H,9-12,20H2,(H,21,25). The van der Waals surface area contributed by atoms with E-state index < -0.39 is 15.9 Å². The summed E-state index contributed by atoms with van der Waals surface area (Å²) in [6.07, 6.45) is 0.758. The molecule has 0 spiro atoms. The molecular formula is C19H20N4O4S. The first-order valence-electron chi connectivity index (χ1n) is 8.93. The molecule has 0 saturated carbocycles. The van der Waals surface area contributed by atoms with Gasteiger partial charge in [-0.2, -0.15) is 0 Å². The maximum Gasteiger partial charge on any atom is 0.264 e. The molecule has 0 aromatic heterocycles. The zero-order valence-corrected chi connectivity index (χ0v) is 15.9. The first kappa shape index (κ1) is 18.5. The van der Waals surface area contributed by atoms with Crippen LogP contribution in [0.5, 0.6) is 0 Å². The number of nitrogens with one attached hydrogen (secondary N) is 1. The van der Waals surface area contributed by atoms with Crippen molar-refractivity contribution in [2.75, 3.05) is 22.3 Å². The lowest BCUT2D eigenvalue weighted by molar-refractivity contribution is -0.126. The van der Waals surface area contributed by atoms with Crippen molar-refractivity contribution in [2.24, 2.45) is 11.8 Å². The van der Waals surface area contributed by atoms with E-state index in [4.69, 9.17) is 5.84 Å². The molecule has 2 aromatic carbocycles. The van der Waals surface area contributed by atoms with Crippen molar-refractivity contribution in [3.05, 3.63) is 54.1 Å². The highest BCUT2D eigenvalue weighted by Gasteiger charge is 2.35. The Balaban J connectivity index is 1.57. The number of anilines is 2. The van der Waals surface area contributed by atoms with E-state index in [1.54, 1.807) is 18.2 Å². The molecule has 2 aliphatic rings. The zero-order valence-electron chi connectivity index (χ0n) is 15.0. The average Bonchev–Trinajstić information content (AvgIpc) is 3.31.